The average molecular weight is 198 g/mol. The Morgan fingerprint density at radius 3 is 2.77 bits per heavy atom. The van der Waals surface area contributed by atoms with E-state index in [0.717, 1.165) is 30.5 Å². The van der Waals surface area contributed by atoms with Crippen LogP contribution < -0.4 is 0 Å². The summed E-state index contributed by atoms with van der Waals surface area (Å²) in [5.74, 6) is 0. The summed E-state index contributed by atoms with van der Waals surface area (Å²) in [7, 11) is 0. The highest BCUT2D eigenvalue weighted by atomic mass is 35.5. The number of pyridine rings is 1. The molecule has 1 saturated carbocycles. The van der Waals surface area contributed by atoms with Crippen LogP contribution in [0.4, 0.5) is 0 Å². The van der Waals surface area contributed by atoms with Crippen LogP contribution in [0, 0.1) is 0 Å². The molecule has 0 amide bonds. The molecule has 0 aliphatic heterocycles. The number of aryl methyl sites for hydroxylation is 1. The third-order valence-corrected chi connectivity index (χ3v) is 2.84. The molecule has 1 aliphatic carbocycles. The molecule has 13 heavy (non-hydrogen) atoms. The highest BCUT2D eigenvalue weighted by Crippen LogP contribution is 2.45. The van der Waals surface area contributed by atoms with Gasteiger partial charge >= 0.3 is 0 Å². The van der Waals surface area contributed by atoms with Crippen LogP contribution in [0.5, 0.6) is 0 Å². The highest BCUT2D eigenvalue weighted by Gasteiger charge is 2.42. The van der Waals surface area contributed by atoms with E-state index in [1.807, 2.05) is 13.0 Å². The van der Waals surface area contributed by atoms with Crippen LogP contribution in [-0.4, -0.2) is 10.1 Å². The molecule has 0 radical (unpaired) electrons. The number of aromatic nitrogens is 1. The largest absolute Gasteiger partial charge is 0.385 e. The molecule has 1 aromatic rings. The Balaban J connectivity index is 2.36. The van der Waals surface area contributed by atoms with Crippen LogP contribution >= 0.6 is 11.6 Å². The number of hydrogen-bond donors (Lipinski definition) is 1. The molecule has 70 valence electrons. The van der Waals surface area contributed by atoms with Crippen molar-refractivity contribution in [1.82, 2.24) is 4.98 Å². The van der Waals surface area contributed by atoms with Crippen LogP contribution in [0.25, 0.3) is 0 Å². The smallest absolute Gasteiger partial charge is 0.0914 e. The topological polar surface area (TPSA) is 33.1 Å². The predicted molar refractivity (Wildman–Crippen MR) is 51.8 cm³/mol. The van der Waals surface area contributed by atoms with Crippen molar-refractivity contribution in [1.29, 1.82) is 0 Å². The van der Waals surface area contributed by atoms with Gasteiger partial charge in [0.25, 0.3) is 0 Å². The Bertz CT molecular complexity index is 334. The fourth-order valence-electron chi connectivity index (χ4n) is 1.39. The van der Waals surface area contributed by atoms with Gasteiger partial charge < -0.3 is 5.11 Å². The number of halogens is 1. The summed E-state index contributed by atoms with van der Waals surface area (Å²) in [5.41, 5.74) is 1.13. The summed E-state index contributed by atoms with van der Waals surface area (Å²) < 4.78 is 0. The SMILES string of the molecule is CCc1ncc(C2(O)CC2)cc1Cl. The monoisotopic (exact) mass is 197 g/mol. The van der Waals surface area contributed by atoms with E-state index in [1.54, 1.807) is 6.20 Å². The number of nitrogens with zero attached hydrogens (tertiary/aromatic N) is 1. The Morgan fingerprint density at radius 2 is 2.31 bits per heavy atom. The maximum Gasteiger partial charge on any atom is 0.0914 e. The maximum absolute atomic E-state index is 9.79. The van der Waals surface area contributed by atoms with Crippen LogP contribution in [0.3, 0.4) is 0 Å². The van der Waals surface area contributed by atoms with Gasteiger partial charge in [-0.1, -0.05) is 18.5 Å². The number of aliphatic hydroxyl groups is 1. The van der Waals surface area contributed by atoms with Gasteiger partial charge in [-0.05, 0) is 25.3 Å². The zero-order valence-electron chi connectivity index (χ0n) is 7.55. The first-order valence-corrected chi connectivity index (χ1v) is 4.91. The van der Waals surface area contributed by atoms with Gasteiger partial charge in [-0.3, -0.25) is 4.98 Å². The minimum Gasteiger partial charge on any atom is -0.385 e. The molecule has 1 aromatic heterocycles. The minimum atomic E-state index is -0.622. The van der Waals surface area contributed by atoms with Crippen molar-refractivity contribution in [2.24, 2.45) is 0 Å². The quantitative estimate of drug-likeness (QED) is 0.789. The maximum atomic E-state index is 9.79. The molecule has 1 fully saturated rings. The normalized spacial score (nSPS) is 18.7. The molecule has 1 heterocycles. The Labute approximate surface area is 82.6 Å². The van der Waals surface area contributed by atoms with Crippen LogP contribution in [-0.2, 0) is 12.0 Å². The average Bonchev–Trinajstić information content (AvgIpc) is 2.85. The summed E-state index contributed by atoms with van der Waals surface area (Å²) in [6.45, 7) is 2.01. The summed E-state index contributed by atoms with van der Waals surface area (Å²) in [6, 6.07) is 1.83. The van der Waals surface area contributed by atoms with Crippen molar-refractivity contribution in [2.45, 2.75) is 31.8 Å². The van der Waals surface area contributed by atoms with Crippen LogP contribution in [0.2, 0.25) is 5.02 Å². The van der Waals surface area contributed by atoms with E-state index in [-0.39, 0.29) is 0 Å². The summed E-state index contributed by atoms with van der Waals surface area (Å²) >= 11 is 5.99. The van der Waals surface area contributed by atoms with E-state index in [0.29, 0.717) is 5.02 Å². The van der Waals surface area contributed by atoms with Gasteiger partial charge in [-0.25, -0.2) is 0 Å². The van der Waals surface area contributed by atoms with Gasteiger partial charge in [0.2, 0.25) is 0 Å². The molecule has 0 aromatic carbocycles. The van der Waals surface area contributed by atoms with E-state index in [2.05, 4.69) is 4.98 Å². The molecule has 0 unspecified atom stereocenters. The molecule has 0 spiro atoms. The lowest BCUT2D eigenvalue weighted by atomic mass is 10.1. The summed E-state index contributed by atoms with van der Waals surface area (Å²) in [6.07, 6.45) is 4.22. The van der Waals surface area contributed by atoms with E-state index in [9.17, 15) is 5.11 Å². The van der Waals surface area contributed by atoms with Crippen molar-refractivity contribution in [2.75, 3.05) is 0 Å². The van der Waals surface area contributed by atoms with Crippen molar-refractivity contribution in [3.8, 4) is 0 Å². The Hall–Kier alpha value is -0.600. The zero-order valence-corrected chi connectivity index (χ0v) is 8.30. The molecule has 0 atom stereocenters. The zero-order chi connectivity index (χ0) is 9.47. The number of rotatable bonds is 2. The van der Waals surface area contributed by atoms with E-state index in [1.165, 1.54) is 0 Å². The van der Waals surface area contributed by atoms with Crippen LogP contribution in [0.1, 0.15) is 31.0 Å². The van der Waals surface area contributed by atoms with Crippen molar-refractivity contribution in [3.05, 3.63) is 28.5 Å². The number of hydrogen-bond acceptors (Lipinski definition) is 2. The van der Waals surface area contributed by atoms with Crippen molar-refractivity contribution < 1.29 is 5.11 Å². The molecule has 0 saturated heterocycles. The molecular weight excluding hydrogens is 186 g/mol. The fourth-order valence-corrected chi connectivity index (χ4v) is 1.69. The first kappa shape index (κ1) is 8.97. The van der Waals surface area contributed by atoms with Crippen molar-refractivity contribution >= 4 is 11.6 Å². The Morgan fingerprint density at radius 1 is 1.62 bits per heavy atom. The third kappa shape index (κ3) is 1.56. The van der Waals surface area contributed by atoms with Gasteiger partial charge in [0.1, 0.15) is 0 Å². The summed E-state index contributed by atoms with van der Waals surface area (Å²) in [5, 5.41) is 10.5. The van der Waals surface area contributed by atoms with Gasteiger partial charge in [0.05, 0.1) is 16.3 Å². The molecule has 2 nitrogen and oxygen atoms in total. The molecule has 1 N–H and O–H groups in total. The second-order valence-corrected chi connectivity index (χ2v) is 3.94. The lowest BCUT2D eigenvalue weighted by Crippen LogP contribution is -2.05. The first-order valence-electron chi connectivity index (χ1n) is 4.53. The van der Waals surface area contributed by atoms with Gasteiger partial charge in [-0.15, -0.1) is 0 Å². The second-order valence-electron chi connectivity index (χ2n) is 3.54. The van der Waals surface area contributed by atoms with Crippen LogP contribution in [0.15, 0.2) is 12.3 Å². The van der Waals surface area contributed by atoms with Gasteiger partial charge in [0.15, 0.2) is 0 Å². The molecule has 3 heteroatoms. The lowest BCUT2D eigenvalue weighted by Gasteiger charge is -2.09. The minimum absolute atomic E-state index is 0.622. The fraction of sp³-hybridized carbons (Fsp3) is 0.500. The molecule has 1 aliphatic rings. The Kier molecular flexibility index (Phi) is 2.05. The highest BCUT2D eigenvalue weighted by molar-refractivity contribution is 6.31. The first-order chi connectivity index (χ1) is 6.15. The van der Waals surface area contributed by atoms with E-state index < -0.39 is 5.60 Å². The van der Waals surface area contributed by atoms with Gasteiger partial charge in [-0.2, -0.15) is 0 Å². The second kappa shape index (κ2) is 2.96. The molecule has 0 bridgehead atoms. The van der Waals surface area contributed by atoms with E-state index in [4.69, 9.17) is 11.6 Å². The molecule has 2 rings (SSSR count). The van der Waals surface area contributed by atoms with Crippen molar-refractivity contribution in [3.63, 3.8) is 0 Å². The lowest BCUT2D eigenvalue weighted by molar-refractivity contribution is 0.151. The third-order valence-electron chi connectivity index (χ3n) is 2.51. The molecular formula is C10H12ClNO. The van der Waals surface area contributed by atoms with E-state index >= 15 is 0 Å². The predicted octanol–water partition coefficient (Wildman–Crippen LogP) is 2.28. The van der Waals surface area contributed by atoms with Gasteiger partial charge in [0, 0.05) is 11.8 Å². The standard InChI is InChI=1S/C10H12ClNO/c1-2-9-8(11)5-7(6-12-9)10(13)3-4-10/h5-6,13H,2-4H2,1H3. The summed E-state index contributed by atoms with van der Waals surface area (Å²) in [4.78, 5) is 4.21.